The molecule has 0 aliphatic heterocycles. The van der Waals surface area contributed by atoms with Crippen molar-refractivity contribution in [2.75, 3.05) is 6.61 Å². The Morgan fingerprint density at radius 2 is 2.14 bits per heavy atom. The van der Waals surface area contributed by atoms with Gasteiger partial charge in [-0.2, -0.15) is 4.39 Å². The van der Waals surface area contributed by atoms with Crippen LogP contribution in [0.4, 0.5) is 8.78 Å². The molecule has 7 heteroatoms. The maximum absolute atomic E-state index is 13.4. The zero-order chi connectivity index (χ0) is 15.9. The van der Waals surface area contributed by atoms with Crippen molar-refractivity contribution in [1.82, 2.24) is 10.0 Å². The standard InChI is InChI=1S/C15H14F2N2O3/c16-12-4-1-5-13(15(12)17)22-10-9-19-8-2-3-11(19)6-7-14(20)18-21/h1-8,21H,9-10H2,(H,18,20)/b7-6+. The van der Waals surface area contributed by atoms with E-state index in [9.17, 15) is 13.6 Å². The van der Waals surface area contributed by atoms with Crippen LogP contribution in [0.15, 0.2) is 42.6 Å². The lowest BCUT2D eigenvalue weighted by atomic mass is 10.3. The van der Waals surface area contributed by atoms with Gasteiger partial charge >= 0.3 is 0 Å². The van der Waals surface area contributed by atoms with Crippen LogP contribution in [-0.2, 0) is 11.3 Å². The molecule has 1 aromatic heterocycles. The lowest BCUT2D eigenvalue weighted by Gasteiger charge is -2.09. The van der Waals surface area contributed by atoms with Gasteiger partial charge in [0.25, 0.3) is 5.91 Å². The molecule has 0 radical (unpaired) electrons. The second-order valence-electron chi connectivity index (χ2n) is 4.34. The van der Waals surface area contributed by atoms with E-state index >= 15 is 0 Å². The summed E-state index contributed by atoms with van der Waals surface area (Å²) in [6.45, 7) is 0.505. The summed E-state index contributed by atoms with van der Waals surface area (Å²) >= 11 is 0. The van der Waals surface area contributed by atoms with Crippen LogP contribution in [0.5, 0.6) is 5.75 Å². The van der Waals surface area contributed by atoms with Crippen LogP contribution in [0, 0.1) is 11.6 Å². The third-order valence-corrected chi connectivity index (χ3v) is 2.89. The van der Waals surface area contributed by atoms with E-state index in [1.807, 2.05) is 0 Å². The second kappa shape index (κ2) is 7.37. The summed E-state index contributed by atoms with van der Waals surface area (Å²) in [6.07, 6.45) is 4.43. The Labute approximate surface area is 125 Å². The van der Waals surface area contributed by atoms with E-state index in [-0.39, 0.29) is 12.4 Å². The number of benzene rings is 1. The first-order valence-electron chi connectivity index (χ1n) is 6.46. The fourth-order valence-corrected chi connectivity index (χ4v) is 1.83. The van der Waals surface area contributed by atoms with Crippen LogP contribution < -0.4 is 10.2 Å². The Morgan fingerprint density at radius 3 is 2.91 bits per heavy atom. The number of carbonyl (C=O) groups excluding carboxylic acids is 1. The van der Waals surface area contributed by atoms with Gasteiger partial charge < -0.3 is 9.30 Å². The first-order chi connectivity index (χ1) is 10.6. The van der Waals surface area contributed by atoms with Gasteiger partial charge in [0.1, 0.15) is 6.61 Å². The maximum atomic E-state index is 13.4. The second-order valence-corrected chi connectivity index (χ2v) is 4.34. The average Bonchev–Trinajstić information content (AvgIpc) is 2.96. The number of rotatable bonds is 6. The first-order valence-corrected chi connectivity index (χ1v) is 6.46. The lowest BCUT2D eigenvalue weighted by Crippen LogP contribution is -2.15. The highest BCUT2D eigenvalue weighted by Gasteiger charge is 2.08. The van der Waals surface area contributed by atoms with Gasteiger partial charge in [-0.25, -0.2) is 9.87 Å². The van der Waals surface area contributed by atoms with Crippen LogP contribution in [0.1, 0.15) is 5.69 Å². The number of carbonyl (C=O) groups is 1. The molecule has 2 rings (SSSR count). The molecule has 2 aromatic rings. The Balaban J connectivity index is 1.95. The summed E-state index contributed by atoms with van der Waals surface area (Å²) in [6, 6.07) is 7.25. The normalized spacial score (nSPS) is 10.9. The van der Waals surface area contributed by atoms with Crippen molar-refractivity contribution >= 4 is 12.0 Å². The van der Waals surface area contributed by atoms with Crippen molar-refractivity contribution in [2.24, 2.45) is 0 Å². The van der Waals surface area contributed by atoms with Crippen molar-refractivity contribution in [2.45, 2.75) is 6.54 Å². The molecule has 0 saturated carbocycles. The molecular formula is C15H14F2N2O3. The summed E-state index contributed by atoms with van der Waals surface area (Å²) in [5.41, 5.74) is 2.19. The molecular weight excluding hydrogens is 294 g/mol. The Hall–Kier alpha value is -2.67. The third kappa shape index (κ3) is 3.92. The number of halogens is 2. The number of hydrogen-bond donors (Lipinski definition) is 2. The number of ether oxygens (including phenoxy) is 1. The van der Waals surface area contributed by atoms with Crippen molar-refractivity contribution in [3.63, 3.8) is 0 Å². The summed E-state index contributed by atoms with van der Waals surface area (Å²) in [4.78, 5) is 10.9. The van der Waals surface area contributed by atoms with E-state index < -0.39 is 17.5 Å². The van der Waals surface area contributed by atoms with Gasteiger partial charge in [-0.1, -0.05) is 6.07 Å². The fraction of sp³-hybridized carbons (Fsp3) is 0.133. The Morgan fingerprint density at radius 1 is 1.32 bits per heavy atom. The summed E-state index contributed by atoms with van der Waals surface area (Å²) in [7, 11) is 0. The van der Waals surface area contributed by atoms with Crippen LogP contribution >= 0.6 is 0 Å². The smallest absolute Gasteiger partial charge is 0.267 e. The highest BCUT2D eigenvalue weighted by atomic mass is 19.2. The molecule has 116 valence electrons. The maximum Gasteiger partial charge on any atom is 0.267 e. The lowest BCUT2D eigenvalue weighted by molar-refractivity contribution is -0.124. The molecule has 1 aromatic carbocycles. The molecule has 0 spiro atoms. The molecule has 0 unspecified atom stereocenters. The van der Waals surface area contributed by atoms with Crippen molar-refractivity contribution in [1.29, 1.82) is 0 Å². The summed E-state index contributed by atoms with van der Waals surface area (Å²) < 4.78 is 33.4. The minimum absolute atomic E-state index is 0.127. The molecule has 0 aliphatic rings. The van der Waals surface area contributed by atoms with Gasteiger partial charge in [0.2, 0.25) is 5.82 Å². The first kappa shape index (κ1) is 15.7. The van der Waals surface area contributed by atoms with Crippen molar-refractivity contribution in [3.05, 3.63) is 59.9 Å². The number of hydrogen-bond acceptors (Lipinski definition) is 3. The van der Waals surface area contributed by atoms with Crippen LogP contribution in [0.3, 0.4) is 0 Å². The highest BCUT2D eigenvalue weighted by Crippen LogP contribution is 2.19. The molecule has 0 saturated heterocycles. The molecule has 22 heavy (non-hydrogen) atoms. The SMILES string of the molecule is O=C(/C=C/c1cccn1CCOc1cccc(F)c1F)NO. The molecule has 5 nitrogen and oxygen atoms in total. The Kier molecular flexibility index (Phi) is 5.26. The summed E-state index contributed by atoms with van der Waals surface area (Å²) in [5, 5.41) is 8.40. The van der Waals surface area contributed by atoms with Gasteiger partial charge in [-0.3, -0.25) is 10.0 Å². The largest absolute Gasteiger partial charge is 0.489 e. The van der Waals surface area contributed by atoms with E-state index in [1.54, 1.807) is 22.9 Å². The topological polar surface area (TPSA) is 63.5 Å². The Bertz CT molecular complexity index is 683. The predicted octanol–water partition coefficient (Wildman–Crippen LogP) is 2.36. The van der Waals surface area contributed by atoms with Gasteiger partial charge in [-0.15, -0.1) is 0 Å². The minimum atomic E-state index is -1.02. The van der Waals surface area contributed by atoms with Gasteiger partial charge in [0.05, 0.1) is 6.54 Å². The van der Waals surface area contributed by atoms with Gasteiger partial charge in [0.15, 0.2) is 11.6 Å². The highest BCUT2D eigenvalue weighted by molar-refractivity contribution is 5.90. The number of nitrogens with zero attached hydrogens (tertiary/aromatic N) is 1. The predicted molar refractivity (Wildman–Crippen MR) is 75.2 cm³/mol. The van der Waals surface area contributed by atoms with Gasteiger partial charge in [-0.05, 0) is 30.3 Å². The van der Waals surface area contributed by atoms with Crippen molar-refractivity contribution < 1.29 is 23.5 Å². The van der Waals surface area contributed by atoms with Crippen LogP contribution in [0.2, 0.25) is 0 Å². The van der Waals surface area contributed by atoms with E-state index in [0.717, 1.165) is 6.07 Å². The van der Waals surface area contributed by atoms with E-state index in [0.29, 0.717) is 12.2 Å². The molecule has 0 bridgehead atoms. The van der Waals surface area contributed by atoms with E-state index in [4.69, 9.17) is 9.94 Å². The van der Waals surface area contributed by atoms with Gasteiger partial charge in [0, 0.05) is 18.0 Å². The molecule has 1 amide bonds. The molecule has 1 heterocycles. The zero-order valence-corrected chi connectivity index (χ0v) is 11.5. The fourth-order valence-electron chi connectivity index (χ4n) is 1.83. The average molecular weight is 308 g/mol. The zero-order valence-electron chi connectivity index (χ0n) is 11.5. The number of hydroxylamine groups is 1. The molecule has 2 N–H and O–H groups in total. The molecule has 0 fully saturated rings. The van der Waals surface area contributed by atoms with Crippen LogP contribution in [0.25, 0.3) is 6.08 Å². The summed E-state index contributed by atoms with van der Waals surface area (Å²) in [5.74, 6) is -2.78. The van der Waals surface area contributed by atoms with E-state index in [1.165, 1.54) is 29.8 Å². The van der Waals surface area contributed by atoms with Crippen LogP contribution in [-0.4, -0.2) is 22.3 Å². The molecule has 0 aliphatic carbocycles. The third-order valence-electron chi connectivity index (χ3n) is 2.89. The number of aromatic nitrogens is 1. The molecule has 0 atom stereocenters. The quantitative estimate of drug-likeness (QED) is 0.489. The number of amides is 1. The monoisotopic (exact) mass is 308 g/mol. The number of nitrogens with one attached hydrogen (secondary N) is 1. The van der Waals surface area contributed by atoms with Crippen molar-refractivity contribution in [3.8, 4) is 5.75 Å². The minimum Gasteiger partial charge on any atom is -0.489 e. The van der Waals surface area contributed by atoms with E-state index in [2.05, 4.69) is 0 Å².